The van der Waals surface area contributed by atoms with Crippen molar-refractivity contribution in [2.45, 2.75) is 6.42 Å². The maximum Gasteiger partial charge on any atom is 0.0347 e. The lowest BCUT2D eigenvalue weighted by Gasteiger charge is -2.10. The van der Waals surface area contributed by atoms with Crippen LogP contribution in [-0.4, -0.2) is 38.6 Å². The summed E-state index contributed by atoms with van der Waals surface area (Å²) in [5, 5.41) is 3.40. The summed E-state index contributed by atoms with van der Waals surface area (Å²) in [7, 11) is 4.16. The third-order valence-corrected chi connectivity index (χ3v) is 2.36. The number of nitrogen functional groups attached to an aromatic ring is 1. The summed E-state index contributed by atoms with van der Waals surface area (Å²) < 4.78 is 0. The molecule has 1 aromatic rings. The number of rotatable bonds is 6. The number of nitrogens with one attached hydrogen (secondary N) is 1. The number of anilines is 1. The fourth-order valence-corrected chi connectivity index (χ4v) is 1.41. The Morgan fingerprint density at radius 1 is 1.20 bits per heavy atom. The maximum atomic E-state index is 5.85. The van der Waals surface area contributed by atoms with E-state index in [1.807, 2.05) is 18.2 Å². The van der Waals surface area contributed by atoms with Gasteiger partial charge in [0.15, 0.2) is 0 Å². The van der Waals surface area contributed by atoms with Crippen LogP contribution >= 0.6 is 0 Å². The number of nitrogens with zero attached hydrogens (tertiary/aromatic N) is 1. The Morgan fingerprint density at radius 3 is 2.60 bits per heavy atom. The standard InChI is InChI=1S/C12H21N3/c1-15(2)10-9-14-8-7-11-5-3-4-6-12(11)13/h3-6,14H,7-10,13H2,1-2H3. The van der Waals surface area contributed by atoms with E-state index < -0.39 is 0 Å². The molecule has 0 aliphatic heterocycles. The van der Waals surface area contributed by atoms with Gasteiger partial charge in [-0.1, -0.05) is 18.2 Å². The van der Waals surface area contributed by atoms with Crippen LogP contribution in [0.3, 0.4) is 0 Å². The molecule has 0 fully saturated rings. The first-order valence-corrected chi connectivity index (χ1v) is 5.39. The molecule has 0 aliphatic rings. The van der Waals surface area contributed by atoms with Gasteiger partial charge < -0.3 is 16.0 Å². The van der Waals surface area contributed by atoms with Crippen LogP contribution in [0, 0.1) is 0 Å². The highest BCUT2D eigenvalue weighted by atomic mass is 15.1. The van der Waals surface area contributed by atoms with Crippen LogP contribution in [-0.2, 0) is 6.42 Å². The Bertz CT molecular complexity index is 284. The third-order valence-electron chi connectivity index (χ3n) is 2.36. The SMILES string of the molecule is CN(C)CCNCCc1ccccc1N. The van der Waals surface area contributed by atoms with Gasteiger partial charge in [0, 0.05) is 18.8 Å². The zero-order chi connectivity index (χ0) is 11.1. The molecule has 1 rings (SSSR count). The Kier molecular flexibility index (Phi) is 5.15. The van der Waals surface area contributed by atoms with Crippen molar-refractivity contribution >= 4 is 5.69 Å². The topological polar surface area (TPSA) is 41.3 Å². The molecule has 0 bridgehead atoms. The van der Waals surface area contributed by atoms with Crippen molar-refractivity contribution in [1.29, 1.82) is 0 Å². The number of hydrogen-bond donors (Lipinski definition) is 2. The Morgan fingerprint density at radius 2 is 1.93 bits per heavy atom. The second-order valence-electron chi connectivity index (χ2n) is 4.00. The quantitative estimate of drug-likeness (QED) is 0.539. The summed E-state index contributed by atoms with van der Waals surface area (Å²) in [6, 6.07) is 8.04. The van der Waals surface area contributed by atoms with Crippen molar-refractivity contribution in [3.05, 3.63) is 29.8 Å². The van der Waals surface area contributed by atoms with Gasteiger partial charge in [0.1, 0.15) is 0 Å². The molecule has 0 aliphatic carbocycles. The van der Waals surface area contributed by atoms with Crippen molar-refractivity contribution in [3.63, 3.8) is 0 Å². The van der Waals surface area contributed by atoms with Crippen molar-refractivity contribution in [2.75, 3.05) is 39.5 Å². The monoisotopic (exact) mass is 207 g/mol. The highest BCUT2D eigenvalue weighted by Gasteiger charge is 1.96. The molecule has 0 saturated heterocycles. The first kappa shape index (κ1) is 12.0. The molecule has 1 aromatic carbocycles. The van der Waals surface area contributed by atoms with Crippen molar-refractivity contribution in [1.82, 2.24) is 10.2 Å². The lowest BCUT2D eigenvalue weighted by atomic mass is 10.1. The molecule has 0 unspecified atom stereocenters. The number of hydrogen-bond acceptors (Lipinski definition) is 3. The van der Waals surface area contributed by atoms with E-state index in [0.717, 1.165) is 31.7 Å². The van der Waals surface area contributed by atoms with Gasteiger partial charge >= 0.3 is 0 Å². The summed E-state index contributed by atoms with van der Waals surface area (Å²) in [5.41, 5.74) is 7.97. The zero-order valence-corrected chi connectivity index (χ0v) is 9.66. The van der Waals surface area contributed by atoms with Crippen LogP contribution in [0.15, 0.2) is 24.3 Å². The van der Waals surface area contributed by atoms with Gasteiger partial charge in [0.25, 0.3) is 0 Å². The smallest absolute Gasteiger partial charge is 0.0347 e. The molecule has 0 spiro atoms. The molecule has 0 radical (unpaired) electrons. The average molecular weight is 207 g/mol. The van der Waals surface area contributed by atoms with Crippen molar-refractivity contribution in [3.8, 4) is 0 Å². The van der Waals surface area contributed by atoms with Gasteiger partial charge in [-0.25, -0.2) is 0 Å². The summed E-state index contributed by atoms with van der Waals surface area (Å²) in [5.74, 6) is 0. The molecule has 0 heterocycles. The highest BCUT2D eigenvalue weighted by molar-refractivity contribution is 5.46. The lowest BCUT2D eigenvalue weighted by Crippen LogP contribution is -2.28. The van der Waals surface area contributed by atoms with E-state index in [0.29, 0.717) is 0 Å². The molecule has 3 nitrogen and oxygen atoms in total. The minimum absolute atomic E-state index is 0.895. The molecule has 15 heavy (non-hydrogen) atoms. The molecule has 0 saturated carbocycles. The second kappa shape index (κ2) is 6.43. The van der Waals surface area contributed by atoms with E-state index in [9.17, 15) is 0 Å². The van der Waals surface area contributed by atoms with Crippen LogP contribution in [0.5, 0.6) is 0 Å². The Balaban J connectivity index is 2.18. The van der Waals surface area contributed by atoms with Crippen LogP contribution in [0.1, 0.15) is 5.56 Å². The maximum absolute atomic E-state index is 5.85. The Labute approximate surface area is 92.3 Å². The molecule has 0 amide bonds. The van der Waals surface area contributed by atoms with Gasteiger partial charge in [0.05, 0.1) is 0 Å². The zero-order valence-electron chi connectivity index (χ0n) is 9.66. The van der Waals surface area contributed by atoms with E-state index >= 15 is 0 Å². The minimum Gasteiger partial charge on any atom is -0.399 e. The van der Waals surface area contributed by atoms with Gasteiger partial charge in [0.2, 0.25) is 0 Å². The van der Waals surface area contributed by atoms with E-state index in [-0.39, 0.29) is 0 Å². The average Bonchev–Trinajstić information content (AvgIpc) is 2.20. The third kappa shape index (κ3) is 4.81. The second-order valence-corrected chi connectivity index (χ2v) is 4.00. The van der Waals surface area contributed by atoms with Gasteiger partial charge in [-0.2, -0.15) is 0 Å². The molecule has 3 heteroatoms. The largest absolute Gasteiger partial charge is 0.399 e. The minimum atomic E-state index is 0.895. The lowest BCUT2D eigenvalue weighted by molar-refractivity contribution is 0.401. The predicted molar refractivity (Wildman–Crippen MR) is 66.0 cm³/mol. The van der Waals surface area contributed by atoms with Crippen LogP contribution in [0.2, 0.25) is 0 Å². The van der Waals surface area contributed by atoms with Crippen LogP contribution < -0.4 is 11.1 Å². The molecule has 0 aromatic heterocycles. The van der Waals surface area contributed by atoms with E-state index in [4.69, 9.17) is 5.73 Å². The van der Waals surface area contributed by atoms with Crippen LogP contribution in [0.4, 0.5) is 5.69 Å². The molecular weight excluding hydrogens is 186 g/mol. The molecule has 3 N–H and O–H groups in total. The van der Waals surface area contributed by atoms with Crippen LogP contribution in [0.25, 0.3) is 0 Å². The number of nitrogens with two attached hydrogens (primary N) is 1. The number of benzene rings is 1. The molecular formula is C12H21N3. The van der Waals surface area contributed by atoms with Gasteiger partial charge in [-0.05, 0) is 38.7 Å². The predicted octanol–water partition coefficient (Wildman–Crippen LogP) is 0.962. The summed E-state index contributed by atoms with van der Waals surface area (Å²) >= 11 is 0. The molecule has 84 valence electrons. The van der Waals surface area contributed by atoms with Gasteiger partial charge in [-0.3, -0.25) is 0 Å². The fourth-order valence-electron chi connectivity index (χ4n) is 1.41. The van der Waals surface area contributed by atoms with E-state index in [2.05, 4.69) is 30.4 Å². The first-order valence-electron chi connectivity index (χ1n) is 5.39. The number of likely N-dealkylation sites (N-methyl/N-ethyl adjacent to an activating group) is 1. The van der Waals surface area contributed by atoms with Gasteiger partial charge in [-0.15, -0.1) is 0 Å². The number of para-hydroxylation sites is 1. The van der Waals surface area contributed by atoms with Crippen molar-refractivity contribution in [2.24, 2.45) is 0 Å². The summed E-state index contributed by atoms with van der Waals surface area (Å²) in [6.07, 6.45) is 1.00. The summed E-state index contributed by atoms with van der Waals surface area (Å²) in [4.78, 5) is 2.17. The highest BCUT2D eigenvalue weighted by Crippen LogP contribution is 2.09. The normalized spacial score (nSPS) is 10.9. The van der Waals surface area contributed by atoms with Crippen molar-refractivity contribution < 1.29 is 0 Å². The fraction of sp³-hybridized carbons (Fsp3) is 0.500. The Hall–Kier alpha value is -1.06. The molecule has 0 atom stereocenters. The first-order chi connectivity index (χ1) is 7.20. The van der Waals surface area contributed by atoms with E-state index in [1.165, 1.54) is 5.56 Å². The summed E-state index contributed by atoms with van der Waals surface area (Å²) in [6.45, 7) is 3.09. The van der Waals surface area contributed by atoms with E-state index in [1.54, 1.807) is 0 Å².